The molecule has 7 heteroatoms. The first-order chi connectivity index (χ1) is 7.58. The van der Waals surface area contributed by atoms with Crippen LogP contribution in [-0.2, 0) is 16.1 Å². The van der Waals surface area contributed by atoms with Crippen LogP contribution in [0.25, 0.3) is 0 Å². The smallest absolute Gasteiger partial charge is 0.360 e. The minimum atomic E-state index is -0.587. The van der Waals surface area contributed by atoms with Gasteiger partial charge in [0.25, 0.3) is 0 Å². The fourth-order valence-corrected chi connectivity index (χ4v) is 1.15. The van der Waals surface area contributed by atoms with Gasteiger partial charge in [0.15, 0.2) is 5.69 Å². The molecule has 0 saturated heterocycles. The van der Waals surface area contributed by atoms with Crippen molar-refractivity contribution in [3.63, 3.8) is 0 Å². The van der Waals surface area contributed by atoms with E-state index in [1.165, 1.54) is 18.0 Å². The van der Waals surface area contributed by atoms with E-state index in [4.69, 9.17) is 5.73 Å². The second kappa shape index (κ2) is 5.15. The molecule has 0 aliphatic rings. The Bertz CT molecular complexity index is 399. The quantitative estimate of drug-likeness (QED) is 0.667. The van der Waals surface area contributed by atoms with E-state index >= 15 is 0 Å². The minimum absolute atomic E-state index is 0.0689. The molecule has 3 N–H and O–H groups in total. The standard InChI is InChI=1S/C9H14N4O3/c1-11-7(14)3-4-13-5-6(10)8(12-13)9(15)16-2/h5H,3-4,10H2,1-2H3,(H,11,14). The van der Waals surface area contributed by atoms with E-state index in [9.17, 15) is 9.59 Å². The second-order valence-electron chi connectivity index (χ2n) is 3.11. The maximum Gasteiger partial charge on any atom is 0.360 e. The number of nitrogens with one attached hydrogen (secondary N) is 1. The molecule has 0 radical (unpaired) electrons. The Balaban J connectivity index is 2.69. The summed E-state index contributed by atoms with van der Waals surface area (Å²) in [5.41, 5.74) is 5.88. The largest absolute Gasteiger partial charge is 0.464 e. The first-order valence-corrected chi connectivity index (χ1v) is 4.70. The number of esters is 1. The first-order valence-electron chi connectivity index (χ1n) is 4.70. The highest BCUT2D eigenvalue weighted by molar-refractivity contribution is 5.92. The first kappa shape index (κ1) is 12.0. The third-order valence-corrected chi connectivity index (χ3v) is 2.02. The van der Waals surface area contributed by atoms with Gasteiger partial charge in [-0.2, -0.15) is 5.10 Å². The molecule has 1 aromatic heterocycles. The summed E-state index contributed by atoms with van der Waals surface area (Å²) in [5.74, 6) is -0.690. The highest BCUT2D eigenvalue weighted by atomic mass is 16.5. The lowest BCUT2D eigenvalue weighted by molar-refractivity contribution is -0.120. The predicted octanol–water partition coefficient (Wildman–Crippen LogP) is -0.612. The molecule has 1 rings (SSSR count). The summed E-state index contributed by atoms with van der Waals surface area (Å²) in [7, 11) is 2.81. The second-order valence-corrected chi connectivity index (χ2v) is 3.11. The number of hydrogen-bond donors (Lipinski definition) is 2. The summed E-state index contributed by atoms with van der Waals surface area (Å²) in [4.78, 5) is 22.2. The van der Waals surface area contributed by atoms with Crippen LogP contribution in [0.3, 0.4) is 0 Å². The van der Waals surface area contributed by atoms with Crippen molar-refractivity contribution in [3.05, 3.63) is 11.9 Å². The normalized spacial score (nSPS) is 9.88. The number of aryl methyl sites for hydroxylation is 1. The van der Waals surface area contributed by atoms with E-state index in [2.05, 4.69) is 15.2 Å². The van der Waals surface area contributed by atoms with Crippen LogP contribution in [0.2, 0.25) is 0 Å². The van der Waals surface area contributed by atoms with Gasteiger partial charge in [0.1, 0.15) is 0 Å². The van der Waals surface area contributed by atoms with Gasteiger partial charge in [-0.3, -0.25) is 9.48 Å². The van der Waals surface area contributed by atoms with Crippen molar-refractivity contribution in [2.75, 3.05) is 19.9 Å². The van der Waals surface area contributed by atoms with Crippen LogP contribution < -0.4 is 11.1 Å². The number of ether oxygens (including phenoxy) is 1. The molecule has 0 aromatic carbocycles. The highest BCUT2D eigenvalue weighted by Crippen LogP contribution is 2.10. The predicted molar refractivity (Wildman–Crippen MR) is 56.7 cm³/mol. The van der Waals surface area contributed by atoms with Crippen molar-refractivity contribution in [1.82, 2.24) is 15.1 Å². The number of amides is 1. The van der Waals surface area contributed by atoms with Gasteiger partial charge in [-0.15, -0.1) is 0 Å². The number of carbonyl (C=O) groups is 2. The zero-order chi connectivity index (χ0) is 12.1. The van der Waals surface area contributed by atoms with E-state index < -0.39 is 5.97 Å². The summed E-state index contributed by atoms with van der Waals surface area (Å²) in [6.45, 7) is 0.362. The summed E-state index contributed by atoms with van der Waals surface area (Å²) < 4.78 is 5.94. The summed E-state index contributed by atoms with van der Waals surface area (Å²) in [6, 6.07) is 0. The zero-order valence-electron chi connectivity index (χ0n) is 9.19. The number of nitrogens with two attached hydrogens (primary N) is 1. The van der Waals surface area contributed by atoms with Crippen LogP contribution in [0.5, 0.6) is 0 Å². The van der Waals surface area contributed by atoms with Gasteiger partial charge in [-0.1, -0.05) is 0 Å². The number of rotatable bonds is 4. The van der Waals surface area contributed by atoms with Crippen molar-refractivity contribution < 1.29 is 14.3 Å². The van der Waals surface area contributed by atoms with Gasteiger partial charge in [-0.05, 0) is 0 Å². The zero-order valence-corrected chi connectivity index (χ0v) is 9.19. The van der Waals surface area contributed by atoms with Gasteiger partial charge in [0.05, 0.1) is 12.8 Å². The number of aromatic nitrogens is 2. The molecule has 0 fully saturated rings. The Morgan fingerprint density at radius 3 is 2.88 bits per heavy atom. The Morgan fingerprint density at radius 2 is 2.31 bits per heavy atom. The lowest BCUT2D eigenvalue weighted by Crippen LogP contribution is -2.19. The topological polar surface area (TPSA) is 99.2 Å². The molecule has 0 spiro atoms. The number of nitrogens with zero attached hydrogens (tertiary/aromatic N) is 2. The van der Waals surface area contributed by atoms with E-state index in [0.29, 0.717) is 6.54 Å². The molecular weight excluding hydrogens is 212 g/mol. The minimum Gasteiger partial charge on any atom is -0.464 e. The maximum absolute atomic E-state index is 11.2. The Labute approximate surface area is 92.6 Å². The Hall–Kier alpha value is -2.05. The van der Waals surface area contributed by atoms with Crippen LogP contribution in [0.15, 0.2) is 6.20 Å². The van der Waals surface area contributed by atoms with Crippen LogP contribution in [-0.4, -0.2) is 35.8 Å². The Kier molecular flexibility index (Phi) is 3.87. The van der Waals surface area contributed by atoms with Gasteiger partial charge >= 0.3 is 5.97 Å². The third kappa shape index (κ3) is 2.72. The average molecular weight is 226 g/mol. The molecule has 0 bridgehead atoms. The van der Waals surface area contributed by atoms with Crippen molar-refractivity contribution >= 4 is 17.6 Å². The lowest BCUT2D eigenvalue weighted by Gasteiger charge is -1.99. The van der Waals surface area contributed by atoms with Crippen molar-refractivity contribution in [3.8, 4) is 0 Å². The van der Waals surface area contributed by atoms with Crippen LogP contribution >= 0.6 is 0 Å². The molecule has 16 heavy (non-hydrogen) atoms. The van der Waals surface area contributed by atoms with Crippen molar-refractivity contribution in [1.29, 1.82) is 0 Å². The molecule has 1 amide bonds. The van der Waals surface area contributed by atoms with E-state index in [0.717, 1.165) is 0 Å². The monoisotopic (exact) mass is 226 g/mol. The molecular formula is C9H14N4O3. The van der Waals surface area contributed by atoms with Gasteiger partial charge < -0.3 is 15.8 Å². The van der Waals surface area contributed by atoms with Crippen LogP contribution in [0.1, 0.15) is 16.9 Å². The van der Waals surface area contributed by atoms with Crippen molar-refractivity contribution in [2.45, 2.75) is 13.0 Å². The van der Waals surface area contributed by atoms with Crippen LogP contribution in [0.4, 0.5) is 5.69 Å². The summed E-state index contributed by atoms with van der Waals surface area (Å²) in [6.07, 6.45) is 1.77. The van der Waals surface area contributed by atoms with E-state index in [1.54, 1.807) is 7.05 Å². The third-order valence-electron chi connectivity index (χ3n) is 2.02. The molecule has 0 unspecified atom stereocenters. The molecule has 0 aliphatic heterocycles. The molecule has 1 aromatic rings. The van der Waals surface area contributed by atoms with E-state index in [-0.39, 0.29) is 23.7 Å². The van der Waals surface area contributed by atoms with Crippen molar-refractivity contribution in [2.24, 2.45) is 0 Å². The molecule has 7 nitrogen and oxygen atoms in total. The molecule has 0 saturated carbocycles. The fraction of sp³-hybridized carbons (Fsp3) is 0.444. The number of carbonyl (C=O) groups excluding carboxylic acids is 2. The molecule has 1 heterocycles. The molecule has 0 atom stereocenters. The fourth-order valence-electron chi connectivity index (χ4n) is 1.15. The Morgan fingerprint density at radius 1 is 1.62 bits per heavy atom. The highest BCUT2D eigenvalue weighted by Gasteiger charge is 2.15. The lowest BCUT2D eigenvalue weighted by atomic mass is 10.4. The maximum atomic E-state index is 11.2. The van der Waals surface area contributed by atoms with E-state index in [1.807, 2.05) is 0 Å². The van der Waals surface area contributed by atoms with Gasteiger partial charge in [0.2, 0.25) is 5.91 Å². The number of methoxy groups -OCH3 is 1. The summed E-state index contributed by atoms with van der Waals surface area (Å²) >= 11 is 0. The SMILES string of the molecule is CNC(=O)CCn1cc(N)c(C(=O)OC)n1. The molecule has 0 aliphatic carbocycles. The van der Waals surface area contributed by atoms with Gasteiger partial charge in [-0.25, -0.2) is 4.79 Å². The number of anilines is 1. The van der Waals surface area contributed by atoms with Gasteiger partial charge in [0, 0.05) is 26.2 Å². The molecule has 88 valence electrons. The number of nitrogen functional groups attached to an aromatic ring is 1. The average Bonchev–Trinajstić information content (AvgIpc) is 2.66. The summed E-state index contributed by atoms with van der Waals surface area (Å²) in [5, 5.41) is 6.41. The van der Waals surface area contributed by atoms with Crippen LogP contribution in [0, 0.1) is 0 Å². The number of hydrogen-bond acceptors (Lipinski definition) is 5.